The van der Waals surface area contributed by atoms with Gasteiger partial charge < -0.3 is 5.32 Å². The molecule has 3 amide bonds. The fraction of sp³-hybridized carbons (Fsp3) is 0.200. The Morgan fingerprint density at radius 2 is 1.94 bits per heavy atom. The minimum atomic E-state index is -0.999. The Bertz CT molecular complexity index is 484. The van der Waals surface area contributed by atoms with Gasteiger partial charge in [-0.1, -0.05) is 15.9 Å². The molecule has 0 saturated carbocycles. The van der Waals surface area contributed by atoms with Gasteiger partial charge >= 0.3 is 6.03 Å². The number of rotatable bonds is 1. The van der Waals surface area contributed by atoms with E-state index in [0.717, 1.165) is 17.0 Å². The minimum Gasteiger partial charge on any atom is -0.336 e. The molecule has 1 aromatic rings. The number of nitrogens with one attached hydrogen (secondary N) is 1. The van der Waals surface area contributed by atoms with Gasteiger partial charge in [0.05, 0.1) is 0 Å². The molecular weight excluding hydrogens is 298 g/mol. The first-order valence-corrected chi connectivity index (χ1v) is 5.54. The van der Waals surface area contributed by atoms with Gasteiger partial charge in [-0.05, 0) is 12.1 Å². The fourth-order valence-electron chi connectivity index (χ4n) is 1.55. The van der Waals surface area contributed by atoms with Crippen LogP contribution in [0.4, 0.5) is 13.6 Å². The van der Waals surface area contributed by atoms with Crippen LogP contribution in [0.2, 0.25) is 0 Å². The smallest absolute Gasteiger partial charge is 0.324 e. The Morgan fingerprint density at radius 3 is 2.41 bits per heavy atom. The molecule has 17 heavy (non-hydrogen) atoms. The van der Waals surface area contributed by atoms with E-state index < -0.39 is 29.1 Å². The third-order valence-corrected chi connectivity index (χ3v) is 2.78. The molecule has 1 aliphatic rings. The summed E-state index contributed by atoms with van der Waals surface area (Å²) in [4.78, 5) is 23.8. The number of carbonyl (C=O) groups is 2. The molecule has 1 aliphatic heterocycles. The third-order valence-electron chi connectivity index (χ3n) is 2.32. The minimum absolute atomic E-state index is 0.104. The molecule has 0 spiro atoms. The van der Waals surface area contributed by atoms with Crippen molar-refractivity contribution in [2.75, 3.05) is 13.1 Å². The average Bonchev–Trinajstić information content (AvgIpc) is 2.62. The van der Waals surface area contributed by atoms with Crippen LogP contribution in [0.1, 0.15) is 10.4 Å². The average molecular weight is 305 g/mol. The van der Waals surface area contributed by atoms with Crippen LogP contribution in [0.3, 0.4) is 0 Å². The van der Waals surface area contributed by atoms with Crippen LogP contribution in [-0.2, 0) is 0 Å². The number of nitrogens with zero attached hydrogens (tertiary/aromatic N) is 1. The highest BCUT2D eigenvalue weighted by Crippen LogP contribution is 2.21. The number of halogens is 3. The summed E-state index contributed by atoms with van der Waals surface area (Å²) in [7, 11) is 0. The van der Waals surface area contributed by atoms with Crippen molar-refractivity contribution in [3.05, 3.63) is 33.8 Å². The van der Waals surface area contributed by atoms with Crippen LogP contribution in [0.25, 0.3) is 0 Å². The summed E-state index contributed by atoms with van der Waals surface area (Å²) in [5.41, 5.74) is -0.717. The summed E-state index contributed by atoms with van der Waals surface area (Å²) in [5, 5.41) is 2.38. The van der Waals surface area contributed by atoms with Gasteiger partial charge in [0, 0.05) is 17.6 Å². The summed E-state index contributed by atoms with van der Waals surface area (Å²) in [6, 6.07) is 1.31. The summed E-state index contributed by atoms with van der Waals surface area (Å²) in [6.07, 6.45) is 0. The van der Waals surface area contributed by atoms with E-state index in [4.69, 9.17) is 0 Å². The highest BCUT2D eigenvalue weighted by atomic mass is 79.9. The van der Waals surface area contributed by atoms with Crippen molar-refractivity contribution in [3.8, 4) is 0 Å². The van der Waals surface area contributed by atoms with Crippen molar-refractivity contribution in [2.45, 2.75) is 0 Å². The summed E-state index contributed by atoms with van der Waals surface area (Å²) in [6.45, 7) is 0.386. The molecule has 0 radical (unpaired) electrons. The first-order chi connectivity index (χ1) is 8.00. The molecule has 1 aromatic carbocycles. The Hall–Kier alpha value is -1.50. The molecule has 0 atom stereocenters. The van der Waals surface area contributed by atoms with E-state index in [1.54, 1.807) is 0 Å². The number of benzene rings is 1. The quantitative estimate of drug-likeness (QED) is 0.861. The van der Waals surface area contributed by atoms with Crippen LogP contribution in [0.15, 0.2) is 16.6 Å². The van der Waals surface area contributed by atoms with Gasteiger partial charge in [-0.2, -0.15) is 0 Å². The van der Waals surface area contributed by atoms with Gasteiger partial charge in [-0.25, -0.2) is 13.6 Å². The summed E-state index contributed by atoms with van der Waals surface area (Å²) < 4.78 is 27.2. The zero-order chi connectivity index (χ0) is 12.6. The van der Waals surface area contributed by atoms with Crippen molar-refractivity contribution >= 4 is 27.9 Å². The van der Waals surface area contributed by atoms with Crippen LogP contribution >= 0.6 is 15.9 Å². The molecular formula is C10H7BrF2N2O2. The van der Waals surface area contributed by atoms with Crippen molar-refractivity contribution in [1.82, 2.24) is 10.2 Å². The molecule has 0 aliphatic carbocycles. The van der Waals surface area contributed by atoms with E-state index in [9.17, 15) is 18.4 Å². The standard InChI is InChI=1S/C10H7BrF2N2O2/c11-5-3-6(12)8(7(13)4-5)9(16)15-2-1-14-10(15)17/h3-4H,1-2H2,(H,14,17). The number of hydrogen-bond donors (Lipinski definition) is 1. The largest absolute Gasteiger partial charge is 0.336 e. The van der Waals surface area contributed by atoms with Gasteiger partial charge in [0.2, 0.25) is 0 Å². The molecule has 1 saturated heterocycles. The van der Waals surface area contributed by atoms with Gasteiger partial charge in [0.25, 0.3) is 5.91 Å². The lowest BCUT2D eigenvalue weighted by Crippen LogP contribution is -2.35. The van der Waals surface area contributed by atoms with Crippen molar-refractivity contribution < 1.29 is 18.4 Å². The molecule has 1 N–H and O–H groups in total. The molecule has 0 bridgehead atoms. The number of imide groups is 1. The van der Waals surface area contributed by atoms with E-state index in [0.29, 0.717) is 0 Å². The Kier molecular flexibility index (Phi) is 3.10. The van der Waals surface area contributed by atoms with Gasteiger partial charge in [0.15, 0.2) is 0 Å². The van der Waals surface area contributed by atoms with E-state index in [1.807, 2.05) is 0 Å². The Balaban J connectivity index is 2.40. The van der Waals surface area contributed by atoms with E-state index in [-0.39, 0.29) is 17.6 Å². The molecule has 90 valence electrons. The Morgan fingerprint density at radius 1 is 1.35 bits per heavy atom. The zero-order valence-electron chi connectivity index (χ0n) is 8.47. The van der Waals surface area contributed by atoms with E-state index >= 15 is 0 Å². The highest BCUT2D eigenvalue weighted by molar-refractivity contribution is 9.10. The van der Waals surface area contributed by atoms with Gasteiger partial charge in [-0.3, -0.25) is 9.69 Å². The van der Waals surface area contributed by atoms with E-state index in [2.05, 4.69) is 21.2 Å². The monoisotopic (exact) mass is 304 g/mol. The van der Waals surface area contributed by atoms with Crippen molar-refractivity contribution in [2.24, 2.45) is 0 Å². The Labute approximate surface area is 104 Å². The number of hydrogen-bond acceptors (Lipinski definition) is 2. The van der Waals surface area contributed by atoms with Gasteiger partial charge in [-0.15, -0.1) is 0 Å². The van der Waals surface area contributed by atoms with Crippen LogP contribution < -0.4 is 5.32 Å². The van der Waals surface area contributed by atoms with Crippen LogP contribution in [-0.4, -0.2) is 29.9 Å². The maximum atomic E-state index is 13.5. The molecule has 0 aromatic heterocycles. The van der Waals surface area contributed by atoms with Crippen molar-refractivity contribution in [1.29, 1.82) is 0 Å². The van der Waals surface area contributed by atoms with Crippen molar-refractivity contribution in [3.63, 3.8) is 0 Å². The third kappa shape index (κ3) is 2.14. The SMILES string of the molecule is O=C1NCCN1C(=O)c1c(F)cc(Br)cc1F. The predicted octanol–water partition coefficient (Wildman–Crippen LogP) is 1.89. The summed E-state index contributed by atoms with van der Waals surface area (Å²) >= 11 is 2.91. The molecule has 2 rings (SSSR count). The second-order valence-corrected chi connectivity index (χ2v) is 4.35. The highest BCUT2D eigenvalue weighted by Gasteiger charge is 2.31. The zero-order valence-corrected chi connectivity index (χ0v) is 10.1. The molecule has 1 heterocycles. The van der Waals surface area contributed by atoms with Crippen LogP contribution in [0.5, 0.6) is 0 Å². The second kappa shape index (κ2) is 4.40. The maximum absolute atomic E-state index is 13.5. The fourth-order valence-corrected chi connectivity index (χ4v) is 1.95. The second-order valence-electron chi connectivity index (χ2n) is 3.43. The molecule has 4 nitrogen and oxygen atoms in total. The molecule has 1 fully saturated rings. The summed E-state index contributed by atoms with van der Waals surface area (Å²) in [5.74, 6) is -2.97. The number of amides is 3. The topological polar surface area (TPSA) is 49.4 Å². The predicted molar refractivity (Wildman–Crippen MR) is 58.5 cm³/mol. The first-order valence-electron chi connectivity index (χ1n) is 4.75. The molecule has 0 unspecified atom stereocenters. The van der Waals surface area contributed by atoms with E-state index in [1.165, 1.54) is 0 Å². The molecule has 7 heteroatoms. The van der Waals surface area contributed by atoms with Crippen LogP contribution in [0, 0.1) is 11.6 Å². The maximum Gasteiger partial charge on any atom is 0.324 e. The normalized spacial score (nSPS) is 15.0. The lowest BCUT2D eigenvalue weighted by molar-refractivity contribution is 0.0820. The van der Waals surface area contributed by atoms with Gasteiger partial charge in [0.1, 0.15) is 17.2 Å². The number of urea groups is 1. The lowest BCUT2D eigenvalue weighted by Gasteiger charge is -2.13. The lowest BCUT2D eigenvalue weighted by atomic mass is 10.1. The number of carbonyl (C=O) groups excluding carboxylic acids is 2. The first kappa shape index (κ1) is 12.0.